The molecule has 2 aromatic carbocycles. The number of hydrogen-bond acceptors (Lipinski definition) is 5. The SMILES string of the molecule is C=C/C(=C\C=C(/C)S(=O)(=O)Nc1ccc(Cl)c2c1C(=O)N(Cc1cccc(OC)c1)C2=O)C(C)(C)C. The van der Waals surface area contributed by atoms with Crippen LogP contribution in [0.1, 0.15) is 54.0 Å². The molecular weight excluding hydrogens is 500 g/mol. The fourth-order valence-corrected chi connectivity index (χ4v) is 4.80. The summed E-state index contributed by atoms with van der Waals surface area (Å²) >= 11 is 6.27. The van der Waals surface area contributed by atoms with E-state index in [4.69, 9.17) is 16.3 Å². The predicted molar refractivity (Wildman–Crippen MR) is 143 cm³/mol. The Morgan fingerprint density at radius 1 is 1.11 bits per heavy atom. The number of ether oxygens (including phenoxy) is 1. The first-order valence-corrected chi connectivity index (χ1v) is 13.0. The molecule has 190 valence electrons. The summed E-state index contributed by atoms with van der Waals surface area (Å²) in [5.41, 5.74) is 1.18. The molecule has 0 spiro atoms. The van der Waals surface area contributed by atoms with E-state index < -0.39 is 21.8 Å². The number of fused-ring (bicyclic) bond motifs is 1. The van der Waals surface area contributed by atoms with Gasteiger partial charge in [-0.05, 0) is 53.8 Å². The second kappa shape index (κ2) is 10.3. The minimum absolute atomic E-state index is 0.0163. The molecule has 0 atom stereocenters. The van der Waals surface area contributed by atoms with Crippen molar-refractivity contribution in [1.82, 2.24) is 4.90 Å². The summed E-state index contributed by atoms with van der Waals surface area (Å²) in [4.78, 5) is 27.5. The first-order valence-electron chi connectivity index (χ1n) is 11.2. The lowest BCUT2D eigenvalue weighted by atomic mass is 9.86. The zero-order valence-electron chi connectivity index (χ0n) is 20.9. The van der Waals surface area contributed by atoms with Crippen molar-refractivity contribution < 1.29 is 22.7 Å². The van der Waals surface area contributed by atoms with Crippen molar-refractivity contribution in [2.45, 2.75) is 34.2 Å². The van der Waals surface area contributed by atoms with Gasteiger partial charge in [0.15, 0.2) is 0 Å². The van der Waals surface area contributed by atoms with E-state index in [1.807, 2.05) is 20.8 Å². The Morgan fingerprint density at radius 3 is 2.39 bits per heavy atom. The van der Waals surface area contributed by atoms with E-state index in [9.17, 15) is 18.0 Å². The van der Waals surface area contributed by atoms with E-state index in [0.29, 0.717) is 11.3 Å². The molecule has 1 aliphatic rings. The molecule has 7 nitrogen and oxygen atoms in total. The van der Waals surface area contributed by atoms with Crippen LogP contribution in [-0.2, 0) is 16.6 Å². The van der Waals surface area contributed by atoms with Gasteiger partial charge in [0.1, 0.15) is 5.75 Å². The molecule has 9 heteroatoms. The summed E-state index contributed by atoms with van der Waals surface area (Å²) < 4.78 is 33.8. The Kier molecular flexibility index (Phi) is 7.81. The second-order valence-electron chi connectivity index (χ2n) is 9.35. The first-order chi connectivity index (χ1) is 16.8. The van der Waals surface area contributed by atoms with Crippen LogP contribution in [-0.4, -0.2) is 32.2 Å². The number of sulfonamides is 1. The molecule has 0 bridgehead atoms. The van der Waals surface area contributed by atoms with Gasteiger partial charge in [-0.3, -0.25) is 19.2 Å². The molecule has 0 aliphatic carbocycles. The summed E-state index contributed by atoms with van der Waals surface area (Å²) in [5, 5.41) is 0.0652. The average Bonchev–Trinajstić information content (AvgIpc) is 3.06. The molecule has 0 radical (unpaired) electrons. The topological polar surface area (TPSA) is 92.8 Å². The second-order valence-corrected chi connectivity index (χ2v) is 11.6. The highest BCUT2D eigenvalue weighted by Gasteiger charge is 2.40. The predicted octanol–water partition coefficient (Wildman–Crippen LogP) is 5.95. The van der Waals surface area contributed by atoms with E-state index in [-0.39, 0.29) is 38.7 Å². The molecule has 2 amide bonds. The lowest BCUT2D eigenvalue weighted by molar-refractivity contribution is 0.0642. The van der Waals surface area contributed by atoms with Gasteiger partial charge in [0.2, 0.25) is 0 Å². The Morgan fingerprint density at radius 2 is 1.78 bits per heavy atom. The highest BCUT2D eigenvalue weighted by Crippen LogP contribution is 2.36. The number of nitrogens with one attached hydrogen (secondary N) is 1. The summed E-state index contributed by atoms with van der Waals surface area (Å²) in [6.07, 6.45) is 4.85. The van der Waals surface area contributed by atoms with Crippen molar-refractivity contribution in [2.75, 3.05) is 11.8 Å². The molecule has 0 fully saturated rings. The number of imide groups is 1. The van der Waals surface area contributed by atoms with Crippen LogP contribution in [0.2, 0.25) is 5.02 Å². The standard InChI is InChI=1S/C27H29ClN2O5S/c1-7-19(27(3,4)5)12-11-17(2)36(33,34)29-22-14-13-21(28)23-24(22)26(32)30(25(23)31)16-18-9-8-10-20(15-18)35-6/h7-15,29H,1,16H2,2-6H3/b17-11+,19-12+. The molecule has 1 aliphatic heterocycles. The van der Waals surface area contributed by atoms with Gasteiger partial charge in [-0.15, -0.1) is 0 Å². The van der Waals surface area contributed by atoms with Crippen LogP contribution in [0.5, 0.6) is 5.75 Å². The summed E-state index contributed by atoms with van der Waals surface area (Å²) in [5.74, 6) is -0.654. The van der Waals surface area contributed by atoms with Crippen molar-refractivity contribution >= 4 is 39.1 Å². The third-order valence-corrected chi connectivity index (χ3v) is 7.59. The fraction of sp³-hybridized carbons (Fsp3) is 0.259. The summed E-state index contributed by atoms with van der Waals surface area (Å²) in [6.45, 7) is 11.2. The Bertz CT molecular complexity index is 1400. The van der Waals surface area contributed by atoms with Gasteiger partial charge in [-0.25, -0.2) is 8.42 Å². The molecule has 0 saturated heterocycles. The number of halogens is 1. The van der Waals surface area contributed by atoms with Crippen LogP contribution >= 0.6 is 11.6 Å². The molecule has 0 unspecified atom stereocenters. The van der Waals surface area contributed by atoms with E-state index in [1.54, 1.807) is 36.4 Å². The maximum absolute atomic E-state index is 13.3. The normalized spacial score (nSPS) is 14.7. The molecule has 1 N–H and O–H groups in total. The van der Waals surface area contributed by atoms with Crippen molar-refractivity contribution in [3.05, 3.63) is 93.4 Å². The third-order valence-electron chi connectivity index (χ3n) is 5.80. The average molecular weight is 529 g/mol. The highest BCUT2D eigenvalue weighted by molar-refractivity contribution is 7.96. The maximum Gasteiger partial charge on any atom is 0.264 e. The maximum atomic E-state index is 13.3. The van der Waals surface area contributed by atoms with E-state index >= 15 is 0 Å². The number of amides is 2. The van der Waals surface area contributed by atoms with Gasteiger partial charge in [0.25, 0.3) is 21.8 Å². The molecule has 1 heterocycles. The zero-order valence-corrected chi connectivity index (χ0v) is 22.5. The van der Waals surface area contributed by atoms with Gasteiger partial charge < -0.3 is 4.74 Å². The minimum Gasteiger partial charge on any atom is -0.497 e. The highest BCUT2D eigenvalue weighted by atomic mass is 35.5. The first kappa shape index (κ1) is 27.2. The monoisotopic (exact) mass is 528 g/mol. The van der Waals surface area contributed by atoms with Gasteiger partial charge in [-0.2, -0.15) is 0 Å². The van der Waals surface area contributed by atoms with Gasteiger partial charge in [0.05, 0.1) is 40.4 Å². The van der Waals surface area contributed by atoms with Crippen molar-refractivity contribution in [1.29, 1.82) is 0 Å². The molecule has 2 aromatic rings. The number of hydrogen-bond donors (Lipinski definition) is 1. The number of nitrogens with zero attached hydrogens (tertiary/aromatic N) is 1. The van der Waals surface area contributed by atoms with E-state index in [2.05, 4.69) is 11.3 Å². The van der Waals surface area contributed by atoms with Crippen LogP contribution in [0.25, 0.3) is 0 Å². The molecule has 3 rings (SSSR count). The molecule has 0 aromatic heterocycles. The van der Waals surface area contributed by atoms with Gasteiger partial charge >= 0.3 is 0 Å². The van der Waals surface area contributed by atoms with Crippen molar-refractivity contribution in [3.8, 4) is 5.75 Å². The van der Waals surface area contributed by atoms with Crippen LogP contribution in [0.15, 0.2) is 71.7 Å². The largest absolute Gasteiger partial charge is 0.497 e. The van der Waals surface area contributed by atoms with E-state index in [1.165, 1.54) is 32.2 Å². The van der Waals surface area contributed by atoms with Crippen LogP contribution in [0, 0.1) is 5.41 Å². The molecule has 36 heavy (non-hydrogen) atoms. The van der Waals surface area contributed by atoms with Gasteiger partial charge in [0, 0.05) is 0 Å². The molecular formula is C27H29ClN2O5S. The number of allylic oxidation sites excluding steroid dienone is 5. The smallest absolute Gasteiger partial charge is 0.264 e. The third kappa shape index (κ3) is 5.55. The number of anilines is 1. The van der Waals surface area contributed by atoms with Gasteiger partial charge in [-0.1, -0.05) is 63.2 Å². The number of rotatable bonds is 8. The zero-order chi connectivity index (χ0) is 26.8. The Labute approximate surface area is 217 Å². The lowest BCUT2D eigenvalue weighted by Crippen LogP contribution is -2.29. The number of carbonyl (C=O) groups is 2. The van der Waals surface area contributed by atoms with Crippen LogP contribution < -0.4 is 9.46 Å². The van der Waals surface area contributed by atoms with E-state index in [0.717, 1.165) is 10.5 Å². The summed E-state index contributed by atoms with van der Waals surface area (Å²) in [7, 11) is -2.51. The number of methoxy groups -OCH3 is 1. The number of benzene rings is 2. The van der Waals surface area contributed by atoms with Crippen molar-refractivity contribution in [3.63, 3.8) is 0 Å². The molecule has 0 saturated carbocycles. The quantitative estimate of drug-likeness (QED) is 0.337. The fourth-order valence-electron chi connectivity index (χ4n) is 3.70. The summed E-state index contributed by atoms with van der Waals surface area (Å²) in [6, 6.07) is 9.75. The Balaban J connectivity index is 1.96. The lowest BCUT2D eigenvalue weighted by Gasteiger charge is -2.19. The van der Waals surface area contributed by atoms with Crippen molar-refractivity contribution in [2.24, 2.45) is 5.41 Å². The minimum atomic E-state index is -4.03. The Hall–Kier alpha value is -3.36. The van der Waals surface area contributed by atoms with Crippen LogP contribution in [0.3, 0.4) is 0 Å². The van der Waals surface area contributed by atoms with Crippen LogP contribution in [0.4, 0.5) is 5.69 Å². The number of carbonyl (C=O) groups excluding carboxylic acids is 2.